The second-order valence-corrected chi connectivity index (χ2v) is 9.18. The molecule has 0 nitrogen and oxygen atoms in total. The minimum absolute atomic E-state index is 0.833. The highest BCUT2D eigenvalue weighted by Crippen LogP contribution is 2.37. The van der Waals surface area contributed by atoms with Gasteiger partial charge in [0.1, 0.15) is 0 Å². The first kappa shape index (κ1) is 21.8. The maximum Gasteiger partial charge on any atom is -0.0165 e. The highest BCUT2D eigenvalue weighted by atomic mass is 14.3. The van der Waals surface area contributed by atoms with Gasteiger partial charge >= 0.3 is 0 Å². The van der Waals surface area contributed by atoms with E-state index in [1.807, 2.05) is 0 Å². The molecule has 0 aromatic carbocycles. The lowest BCUT2D eigenvalue weighted by atomic mass is 9.75. The molecule has 0 aromatic heterocycles. The van der Waals surface area contributed by atoms with E-state index in [-0.39, 0.29) is 0 Å². The maximum absolute atomic E-state index is 2.60. The summed E-state index contributed by atoms with van der Waals surface area (Å²) >= 11 is 0. The molecule has 1 unspecified atom stereocenters. The van der Waals surface area contributed by atoms with Crippen LogP contribution >= 0.6 is 0 Å². The van der Waals surface area contributed by atoms with Crippen molar-refractivity contribution in [3.63, 3.8) is 0 Å². The van der Waals surface area contributed by atoms with E-state index in [1.54, 1.807) is 5.57 Å². The Labute approximate surface area is 164 Å². The van der Waals surface area contributed by atoms with Gasteiger partial charge in [-0.05, 0) is 61.9 Å². The SMILES string of the molecule is CCCCCCCCCCC1C=CC(C2CCC(CCCC)CC2)=CC1. The minimum Gasteiger partial charge on any atom is -0.0808 e. The number of unbranched alkanes of at least 4 members (excludes halogenated alkanes) is 8. The van der Waals surface area contributed by atoms with E-state index in [0.717, 1.165) is 17.8 Å². The first-order chi connectivity index (χ1) is 12.8. The van der Waals surface area contributed by atoms with Crippen LogP contribution < -0.4 is 0 Å². The predicted molar refractivity (Wildman–Crippen MR) is 118 cm³/mol. The normalized spacial score (nSPS) is 26.1. The van der Waals surface area contributed by atoms with Crippen LogP contribution in [-0.4, -0.2) is 0 Å². The summed E-state index contributed by atoms with van der Waals surface area (Å²) in [5, 5.41) is 0. The molecule has 1 fully saturated rings. The molecule has 1 saturated carbocycles. The van der Waals surface area contributed by atoms with Crippen molar-refractivity contribution in [3.8, 4) is 0 Å². The van der Waals surface area contributed by atoms with E-state index in [2.05, 4.69) is 32.1 Å². The van der Waals surface area contributed by atoms with Gasteiger partial charge in [0, 0.05) is 0 Å². The number of rotatable bonds is 13. The molecule has 0 amide bonds. The quantitative estimate of drug-likeness (QED) is 0.288. The third-order valence-electron chi connectivity index (χ3n) is 6.93. The smallest absolute Gasteiger partial charge is 0.0165 e. The van der Waals surface area contributed by atoms with Gasteiger partial charge in [-0.2, -0.15) is 0 Å². The van der Waals surface area contributed by atoms with Crippen molar-refractivity contribution in [1.82, 2.24) is 0 Å². The third kappa shape index (κ3) is 8.45. The molecular weight excluding hydrogens is 312 g/mol. The van der Waals surface area contributed by atoms with Gasteiger partial charge < -0.3 is 0 Å². The molecule has 0 heteroatoms. The molecule has 0 spiro atoms. The molecule has 150 valence electrons. The van der Waals surface area contributed by atoms with Crippen LogP contribution in [0.5, 0.6) is 0 Å². The van der Waals surface area contributed by atoms with E-state index in [0.29, 0.717) is 0 Å². The molecule has 0 aliphatic heterocycles. The average Bonchev–Trinajstić information content (AvgIpc) is 2.69. The average molecular weight is 359 g/mol. The summed E-state index contributed by atoms with van der Waals surface area (Å²) in [4.78, 5) is 0. The number of hydrogen-bond donors (Lipinski definition) is 0. The van der Waals surface area contributed by atoms with E-state index < -0.39 is 0 Å². The van der Waals surface area contributed by atoms with Crippen LogP contribution in [0.1, 0.15) is 123 Å². The van der Waals surface area contributed by atoms with Gasteiger partial charge in [0.2, 0.25) is 0 Å². The summed E-state index contributed by atoms with van der Waals surface area (Å²) in [6.45, 7) is 4.63. The van der Waals surface area contributed by atoms with Gasteiger partial charge in [-0.15, -0.1) is 0 Å². The molecule has 0 aromatic rings. The van der Waals surface area contributed by atoms with Gasteiger partial charge in [-0.1, -0.05) is 103 Å². The molecule has 0 radical (unpaired) electrons. The lowest BCUT2D eigenvalue weighted by Crippen LogP contribution is -2.17. The molecule has 0 bridgehead atoms. The molecule has 1 atom stereocenters. The number of allylic oxidation sites excluding steroid dienone is 4. The van der Waals surface area contributed by atoms with Crippen molar-refractivity contribution in [3.05, 3.63) is 23.8 Å². The zero-order valence-electron chi connectivity index (χ0n) is 18.0. The Morgan fingerprint density at radius 2 is 1.38 bits per heavy atom. The van der Waals surface area contributed by atoms with E-state index >= 15 is 0 Å². The molecule has 0 heterocycles. The Bertz CT molecular complexity index is 394. The Hall–Kier alpha value is -0.520. The maximum atomic E-state index is 2.60. The summed E-state index contributed by atoms with van der Waals surface area (Å²) in [6, 6.07) is 0. The Balaban J connectivity index is 1.53. The third-order valence-corrected chi connectivity index (χ3v) is 6.93. The zero-order chi connectivity index (χ0) is 18.5. The van der Waals surface area contributed by atoms with Crippen LogP contribution in [0.3, 0.4) is 0 Å². The summed E-state index contributed by atoms with van der Waals surface area (Å²) in [5.74, 6) is 2.75. The lowest BCUT2D eigenvalue weighted by molar-refractivity contribution is 0.284. The fraction of sp³-hybridized carbons (Fsp3) is 0.846. The monoisotopic (exact) mass is 358 g/mol. The molecule has 26 heavy (non-hydrogen) atoms. The largest absolute Gasteiger partial charge is 0.0808 e. The van der Waals surface area contributed by atoms with Gasteiger partial charge in [-0.25, -0.2) is 0 Å². The van der Waals surface area contributed by atoms with Crippen LogP contribution in [0.2, 0.25) is 0 Å². The fourth-order valence-corrected chi connectivity index (χ4v) is 5.02. The predicted octanol–water partition coefficient (Wildman–Crippen LogP) is 9.02. The zero-order valence-corrected chi connectivity index (χ0v) is 18.0. The molecule has 2 aliphatic carbocycles. The topological polar surface area (TPSA) is 0 Å². The summed E-state index contributed by atoms with van der Waals surface area (Å²) in [7, 11) is 0. The summed E-state index contributed by atoms with van der Waals surface area (Å²) in [6.07, 6.45) is 32.1. The van der Waals surface area contributed by atoms with Crippen molar-refractivity contribution in [2.45, 2.75) is 123 Å². The van der Waals surface area contributed by atoms with Crippen molar-refractivity contribution in [2.24, 2.45) is 17.8 Å². The molecule has 2 rings (SSSR count). The van der Waals surface area contributed by atoms with Crippen LogP contribution in [0.25, 0.3) is 0 Å². The molecule has 0 saturated heterocycles. The standard InChI is InChI=1S/C26H46/c1-3-5-7-8-9-10-11-12-14-24-17-21-26(22-18-24)25-19-15-23(16-20-25)13-6-4-2/h17,21-25H,3-16,18-20H2,1-2H3. The molecule has 2 aliphatic rings. The molecule has 0 N–H and O–H groups in total. The summed E-state index contributed by atoms with van der Waals surface area (Å²) < 4.78 is 0. The first-order valence-corrected chi connectivity index (χ1v) is 12.2. The minimum atomic E-state index is 0.833. The first-order valence-electron chi connectivity index (χ1n) is 12.2. The van der Waals surface area contributed by atoms with Gasteiger partial charge in [0.05, 0.1) is 0 Å². The Morgan fingerprint density at radius 3 is 2.00 bits per heavy atom. The van der Waals surface area contributed by atoms with Crippen LogP contribution in [0.15, 0.2) is 23.8 Å². The van der Waals surface area contributed by atoms with E-state index in [4.69, 9.17) is 0 Å². The van der Waals surface area contributed by atoms with Crippen LogP contribution in [-0.2, 0) is 0 Å². The second kappa shape index (κ2) is 13.6. The molecular formula is C26H46. The fourth-order valence-electron chi connectivity index (χ4n) is 5.02. The van der Waals surface area contributed by atoms with Crippen molar-refractivity contribution in [2.75, 3.05) is 0 Å². The summed E-state index contributed by atoms with van der Waals surface area (Å²) in [5.41, 5.74) is 1.69. The highest BCUT2D eigenvalue weighted by molar-refractivity contribution is 5.26. The highest BCUT2D eigenvalue weighted by Gasteiger charge is 2.23. The van der Waals surface area contributed by atoms with Gasteiger partial charge in [-0.3, -0.25) is 0 Å². The number of hydrogen-bond acceptors (Lipinski definition) is 0. The Morgan fingerprint density at radius 1 is 0.731 bits per heavy atom. The van der Waals surface area contributed by atoms with Crippen LogP contribution in [0.4, 0.5) is 0 Å². The van der Waals surface area contributed by atoms with Crippen LogP contribution in [0, 0.1) is 17.8 Å². The lowest BCUT2D eigenvalue weighted by Gasteiger charge is -2.30. The Kier molecular flexibility index (Phi) is 11.4. The van der Waals surface area contributed by atoms with Gasteiger partial charge in [0.25, 0.3) is 0 Å². The van der Waals surface area contributed by atoms with Crippen molar-refractivity contribution in [1.29, 1.82) is 0 Å². The van der Waals surface area contributed by atoms with E-state index in [9.17, 15) is 0 Å². The van der Waals surface area contributed by atoms with Crippen molar-refractivity contribution < 1.29 is 0 Å². The van der Waals surface area contributed by atoms with Gasteiger partial charge in [0.15, 0.2) is 0 Å². The second-order valence-electron chi connectivity index (χ2n) is 9.18. The van der Waals surface area contributed by atoms with Crippen molar-refractivity contribution >= 4 is 0 Å². The van der Waals surface area contributed by atoms with E-state index in [1.165, 1.54) is 109 Å².